The predicted octanol–water partition coefficient (Wildman–Crippen LogP) is 4.48. The van der Waals surface area contributed by atoms with Crippen LogP contribution in [0.4, 0.5) is 0 Å². The highest BCUT2D eigenvalue weighted by Gasteiger charge is 2.19. The monoisotopic (exact) mass is 569 g/mol. The zero-order valence-electron chi connectivity index (χ0n) is 20.0. The second-order valence-corrected chi connectivity index (χ2v) is 7.69. The van der Waals surface area contributed by atoms with E-state index in [2.05, 4.69) is 39.9 Å². The first-order valence-corrected chi connectivity index (χ1v) is 11.1. The van der Waals surface area contributed by atoms with Crippen molar-refractivity contribution in [2.24, 2.45) is 4.99 Å². The molecule has 0 heterocycles. The van der Waals surface area contributed by atoms with Gasteiger partial charge in [-0.15, -0.1) is 24.0 Å². The first-order valence-electron chi connectivity index (χ1n) is 11.1. The standard InChI is InChI=1S/C25H35N3O4.HI/c1-26-25(28-17-18-15-22(29-2)24(31-4)23(16-18)30-3)27-13-8-14-32-21-12-7-10-19-9-5-6-11-20(19)21;/h5-6,9,11,15-16,21H,7-8,10,12-14,17H2,1-4H3,(H2,26,27,28);1H. The van der Waals surface area contributed by atoms with Gasteiger partial charge in [-0.25, -0.2) is 0 Å². The van der Waals surface area contributed by atoms with Gasteiger partial charge in [-0.3, -0.25) is 4.99 Å². The van der Waals surface area contributed by atoms with Gasteiger partial charge in [0, 0.05) is 26.7 Å². The van der Waals surface area contributed by atoms with Crippen molar-refractivity contribution >= 4 is 29.9 Å². The van der Waals surface area contributed by atoms with Crippen molar-refractivity contribution < 1.29 is 18.9 Å². The number of rotatable bonds is 10. The van der Waals surface area contributed by atoms with Gasteiger partial charge in [0.25, 0.3) is 0 Å². The molecule has 0 bridgehead atoms. The van der Waals surface area contributed by atoms with E-state index >= 15 is 0 Å². The highest BCUT2D eigenvalue weighted by Crippen LogP contribution is 2.38. The molecule has 7 nitrogen and oxygen atoms in total. The Labute approximate surface area is 214 Å². The van der Waals surface area contributed by atoms with Gasteiger partial charge >= 0.3 is 0 Å². The lowest BCUT2D eigenvalue weighted by atomic mass is 9.89. The minimum absolute atomic E-state index is 0. The summed E-state index contributed by atoms with van der Waals surface area (Å²) in [5, 5.41) is 6.67. The number of methoxy groups -OCH3 is 3. The van der Waals surface area contributed by atoms with Crippen LogP contribution in [0.1, 0.15) is 42.1 Å². The molecule has 0 aromatic heterocycles. The summed E-state index contributed by atoms with van der Waals surface area (Å²) >= 11 is 0. The van der Waals surface area contributed by atoms with Gasteiger partial charge in [0.15, 0.2) is 17.5 Å². The molecule has 0 fully saturated rings. The van der Waals surface area contributed by atoms with E-state index in [0.717, 1.165) is 43.9 Å². The molecule has 2 aromatic rings. The van der Waals surface area contributed by atoms with Gasteiger partial charge in [0.2, 0.25) is 5.75 Å². The summed E-state index contributed by atoms with van der Waals surface area (Å²) in [7, 11) is 6.59. The molecular weight excluding hydrogens is 533 g/mol. The Morgan fingerprint density at radius 3 is 2.42 bits per heavy atom. The van der Waals surface area contributed by atoms with Gasteiger partial charge in [-0.2, -0.15) is 0 Å². The minimum atomic E-state index is 0. The fourth-order valence-corrected chi connectivity index (χ4v) is 4.03. The van der Waals surface area contributed by atoms with Crippen LogP contribution in [0.3, 0.4) is 0 Å². The van der Waals surface area contributed by atoms with Crippen LogP contribution in [-0.4, -0.2) is 47.5 Å². The topological polar surface area (TPSA) is 73.3 Å². The minimum Gasteiger partial charge on any atom is -0.493 e. The number of benzene rings is 2. The molecule has 1 unspecified atom stereocenters. The highest BCUT2D eigenvalue weighted by molar-refractivity contribution is 14.0. The Bertz CT molecular complexity index is 882. The summed E-state index contributed by atoms with van der Waals surface area (Å²) in [5.74, 6) is 2.59. The molecule has 2 aromatic carbocycles. The van der Waals surface area contributed by atoms with E-state index in [1.165, 1.54) is 17.5 Å². The summed E-state index contributed by atoms with van der Waals surface area (Å²) in [4.78, 5) is 4.31. The lowest BCUT2D eigenvalue weighted by Gasteiger charge is -2.25. The number of guanidine groups is 1. The van der Waals surface area contributed by atoms with Crippen LogP contribution in [0.15, 0.2) is 41.4 Å². The molecule has 8 heteroatoms. The van der Waals surface area contributed by atoms with Crippen LogP contribution < -0.4 is 24.8 Å². The van der Waals surface area contributed by atoms with Crippen LogP contribution in [0, 0.1) is 0 Å². The Balaban J connectivity index is 0.00000385. The van der Waals surface area contributed by atoms with Gasteiger partial charge in [0.05, 0.1) is 27.4 Å². The Morgan fingerprint density at radius 2 is 1.76 bits per heavy atom. The van der Waals surface area contributed by atoms with E-state index < -0.39 is 0 Å². The summed E-state index contributed by atoms with van der Waals surface area (Å²) in [6.45, 7) is 2.07. The van der Waals surface area contributed by atoms with E-state index in [0.29, 0.717) is 23.8 Å². The molecule has 0 aliphatic heterocycles. The molecular formula is C25H36IN3O4. The van der Waals surface area contributed by atoms with Crippen molar-refractivity contribution in [2.75, 3.05) is 41.5 Å². The third kappa shape index (κ3) is 7.40. The molecule has 182 valence electrons. The third-order valence-electron chi connectivity index (χ3n) is 5.66. The van der Waals surface area contributed by atoms with Crippen molar-refractivity contribution in [1.82, 2.24) is 10.6 Å². The number of nitrogens with one attached hydrogen (secondary N) is 2. The first kappa shape index (κ1) is 27.0. The van der Waals surface area contributed by atoms with Crippen molar-refractivity contribution in [3.63, 3.8) is 0 Å². The smallest absolute Gasteiger partial charge is 0.203 e. The zero-order chi connectivity index (χ0) is 22.8. The van der Waals surface area contributed by atoms with E-state index in [1.807, 2.05) is 12.1 Å². The number of ether oxygens (including phenoxy) is 4. The number of aliphatic imine (C=N–C) groups is 1. The van der Waals surface area contributed by atoms with Gasteiger partial charge in [0.1, 0.15) is 0 Å². The molecule has 1 aliphatic rings. The Hall–Kier alpha value is -2.20. The molecule has 0 amide bonds. The fourth-order valence-electron chi connectivity index (χ4n) is 4.03. The Morgan fingerprint density at radius 1 is 1.03 bits per heavy atom. The van der Waals surface area contributed by atoms with E-state index in [-0.39, 0.29) is 30.1 Å². The van der Waals surface area contributed by atoms with Crippen LogP contribution in [0.25, 0.3) is 0 Å². The molecule has 0 spiro atoms. The van der Waals surface area contributed by atoms with Crippen molar-refractivity contribution in [3.8, 4) is 17.2 Å². The number of hydrogen-bond acceptors (Lipinski definition) is 5. The largest absolute Gasteiger partial charge is 0.493 e. The third-order valence-corrected chi connectivity index (χ3v) is 5.66. The van der Waals surface area contributed by atoms with Crippen LogP contribution in [0.2, 0.25) is 0 Å². The number of fused-ring (bicyclic) bond motifs is 1. The Kier molecular flexibility index (Phi) is 11.6. The summed E-state index contributed by atoms with van der Waals surface area (Å²) in [6, 6.07) is 12.5. The van der Waals surface area contributed by atoms with Crippen molar-refractivity contribution in [3.05, 3.63) is 53.1 Å². The van der Waals surface area contributed by atoms with Crippen molar-refractivity contribution in [1.29, 1.82) is 0 Å². The fraction of sp³-hybridized carbons (Fsp3) is 0.480. The molecule has 1 atom stereocenters. The summed E-state index contributed by atoms with van der Waals surface area (Å²) < 4.78 is 22.4. The van der Waals surface area contributed by atoms with Crippen LogP contribution in [0.5, 0.6) is 17.2 Å². The maximum Gasteiger partial charge on any atom is 0.203 e. The number of halogens is 1. The maximum absolute atomic E-state index is 6.19. The lowest BCUT2D eigenvalue weighted by Crippen LogP contribution is -2.37. The normalized spacial score (nSPS) is 15.2. The highest BCUT2D eigenvalue weighted by atomic mass is 127. The average Bonchev–Trinajstić information content (AvgIpc) is 2.84. The molecule has 3 rings (SSSR count). The van der Waals surface area contributed by atoms with E-state index in [9.17, 15) is 0 Å². The average molecular weight is 569 g/mol. The molecule has 1 aliphatic carbocycles. The lowest BCUT2D eigenvalue weighted by molar-refractivity contribution is 0.0398. The quantitative estimate of drug-likeness (QED) is 0.190. The molecule has 0 saturated heterocycles. The second kappa shape index (κ2) is 14.1. The molecule has 0 saturated carbocycles. The second-order valence-electron chi connectivity index (χ2n) is 7.69. The maximum atomic E-state index is 6.19. The zero-order valence-corrected chi connectivity index (χ0v) is 22.3. The SMILES string of the molecule is CN=C(NCCCOC1CCCc2ccccc21)NCc1cc(OC)c(OC)c(OC)c1.I. The molecule has 33 heavy (non-hydrogen) atoms. The molecule has 2 N–H and O–H groups in total. The van der Waals surface area contributed by atoms with E-state index in [1.54, 1.807) is 28.4 Å². The number of hydrogen-bond donors (Lipinski definition) is 2. The van der Waals surface area contributed by atoms with Crippen LogP contribution in [-0.2, 0) is 17.7 Å². The van der Waals surface area contributed by atoms with Gasteiger partial charge < -0.3 is 29.6 Å². The number of nitrogens with zero attached hydrogens (tertiary/aromatic N) is 1. The first-order chi connectivity index (χ1) is 15.7. The van der Waals surface area contributed by atoms with E-state index in [4.69, 9.17) is 18.9 Å². The molecule has 0 radical (unpaired) electrons. The van der Waals surface area contributed by atoms with Crippen molar-refractivity contribution in [2.45, 2.75) is 38.3 Å². The number of aryl methyl sites for hydroxylation is 1. The predicted molar refractivity (Wildman–Crippen MR) is 142 cm³/mol. The summed E-state index contributed by atoms with van der Waals surface area (Å²) in [6.07, 6.45) is 4.58. The van der Waals surface area contributed by atoms with Gasteiger partial charge in [-0.1, -0.05) is 24.3 Å². The summed E-state index contributed by atoms with van der Waals surface area (Å²) in [5.41, 5.74) is 3.79. The van der Waals surface area contributed by atoms with Crippen LogP contribution >= 0.6 is 24.0 Å². The van der Waals surface area contributed by atoms with Gasteiger partial charge in [-0.05, 0) is 54.5 Å².